The summed E-state index contributed by atoms with van der Waals surface area (Å²) in [5.74, 6) is -0.703. The van der Waals surface area contributed by atoms with Gasteiger partial charge in [-0.15, -0.1) is 5.10 Å². The van der Waals surface area contributed by atoms with Gasteiger partial charge >= 0.3 is 0 Å². The SMILES string of the molecule is CS(=O)(=O)Nc1ccccc1Nc1nc(Nc2cccc(-n3cnnn3)c2)ncc1F. The molecule has 0 aliphatic carbocycles. The highest BCUT2D eigenvalue weighted by molar-refractivity contribution is 7.92. The number of hydrogen-bond acceptors (Lipinski definition) is 9. The van der Waals surface area contributed by atoms with Crippen molar-refractivity contribution in [2.24, 2.45) is 0 Å². The van der Waals surface area contributed by atoms with Gasteiger partial charge in [0.1, 0.15) is 6.33 Å². The van der Waals surface area contributed by atoms with Gasteiger partial charge in [-0.1, -0.05) is 18.2 Å². The summed E-state index contributed by atoms with van der Waals surface area (Å²) >= 11 is 0. The quantitative estimate of drug-likeness (QED) is 0.394. The van der Waals surface area contributed by atoms with Crippen LogP contribution in [-0.4, -0.2) is 44.8 Å². The van der Waals surface area contributed by atoms with E-state index in [4.69, 9.17) is 0 Å². The lowest BCUT2D eigenvalue weighted by atomic mass is 10.2. The molecule has 0 atom stereocenters. The van der Waals surface area contributed by atoms with Crippen molar-refractivity contribution in [1.29, 1.82) is 0 Å². The number of rotatable bonds is 7. The molecule has 4 aromatic rings. The topological polar surface area (TPSA) is 140 Å². The van der Waals surface area contributed by atoms with Crippen LogP contribution >= 0.6 is 0 Å². The fraction of sp³-hybridized carbons (Fsp3) is 0.0556. The Morgan fingerprint density at radius 1 is 1.03 bits per heavy atom. The maximum atomic E-state index is 14.3. The van der Waals surface area contributed by atoms with E-state index in [9.17, 15) is 12.8 Å². The third kappa shape index (κ3) is 5.08. The lowest BCUT2D eigenvalue weighted by Gasteiger charge is -2.13. The van der Waals surface area contributed by atoms with E-state index in [1.54, 1.807) is 42.5 Å². The molecule has 11 nitrogen and oxygen atoms in total. The highest BCUT2D eigenvalue weighted by Crippen LogP contribution is 2.27. The Hall–Kier alpha value is -4.13. The Kier molecular flexibility index (Phi) is 5.41. The van der Waals surface area contributed by atoms with E-state index >= 15 is 0 Å². The van der Waals surface area contributed by atoms with Crippen LogP contribution in [-0.2, 0) is 10.0 Å². The number of anilines is 5. The second-order valence-corrected chi connectivity index (χ2v) is 8.11. The molecule has 0 aliphatic heterocycles. The van der Waals surface area contributed by atoms with Crippen LogP contribution in [0.15, 0.2) is 61.1 Å². The molecule has 0 spiro atoms. The van der Waals surface area contributed by atoms with Gasteiger partial charge in [-0.05, 0) is 40.8 Å². The third-order valence-electron chi connectivity index (χ3n) is 3.94. The highest BCUT2D eigenvalue weighted by Gasteiger charge is 2.12. The summed E-state index contributed by atoms with van der Waals surface area (Å²) in [6.45, 7) is 0. The van der Waals surface area contributed by atoms with Crippen molar-refractivity contribution in [3.63, 3.8) is 0 Å². The fourth-order valence-electron chi connectivity index (χ4n) is 2.66. The molecule has 0 radical (unpaired) electrons. The molecule has 158 valence electrons. The van der Waals surface area contributed by atoms with Crippen molar-refractivity contribution in [1.82, 2.24) is 30.2 Å². The number of aromatic nitrogens is 6. The molecule has 2 heterocycles. The summed E-state index contributed by atoms with van der Waals surface area (Å²) in [6, 6.07) is 13.6. The second-order valence-electron chi connectivity index (χ2n) is 6.36. The minimum atomic E-state index is -3.52. The van der Waals surface area contributed by atoms with Crippen LogP contribution in [0.5, 0.6) is 0 Å². The van der Waals surface area contributed by atoms with Crippen LogP contribution in [0.1, 0.15) is 0 Å². The molecule has 13 heteroatoms. The lowest BCUT2D eigenvalue weighted by molar-refractivity contribution is 0.607. The summed E-state index contributed by atoms with van der Waals surface area (Å²) in [4.78, 5) is 8.11. The predicted molar refractivity (Wildman–Crippen MR) is 113 cm³/mol. The number of para-hydroxylation sites is 2. The lowest BCUT2D eigenvalue weighted by Crippen LogP contribution is -2.11. The average molecular weight is 441 g/mol. The summed E-state index contributed by atoms with van der Waals surface area (Å²) < 4.78 is 41.3. The summed E-state index contributed by atoms with van der Waals surface area (Å²) in [5, 5.41) is 16.8. The van der Waals surface area contributed by atoms with Crippen LogP contribution in [0.25, 0.3) is 5.69 Å². The minimum absolute atomic E-state index is 0.128. The van der Waals surface area contributed by atoms with Crippen LogP contribution < -0.4 is 15.4 Å². The van der Waals surface area contributed by atoms with E-state index in [1.807, 2.05) is 6.07 Å². The fourth-order valence-corrected chi connectivity index (χ4v) is 3.24. The van der Waals surface area contributed by atoms with Gasteiger partial charge in [-0.2, -0.15) is 4.98 Å². The second kappa shape index (κ2) is 8.31. The number of halogens is 1. The van der Waals surface area contributed by atoms with Gasteiger partial charge in [0, 0.05) is 5.69 Å². The molecule has 2 aromatic heterocycles. The summed E-state index contributed by atoms with van der Waals surface area (Å²) in [7, 11) is -3.52. The molecule has 4 rings (SSSR count). The Morgan fingerprint density at radius 2 is 1.84 bits per heavy atom. The summed E-state index contributed by atoms with van der Waals surface area (Å²) in [5.41, 5.74) is 1.92. The molecule has 0 amide bonds. The van der Waals surface area contributed by atoms with Crippen molar-refractivity contribution in [3.8, 4) is 5.69 Å². The average Bonchev–Trinajstić information content (AvgIpc) is 3.26. The zero-order valence-electron chi connectivity index (χ0n) is 16.1. The van der Waals surface area contributed by atoms with Crippen molar-refractivity contribution in [3.05, 3.63) is 66.9 Å². The number of hydrogen-bond donors (Lipinski definition) is 3. The Bertz CT molecular complexity index is 1310. The van der Waals surface area contributed by atoms with E-state index in [0.29, 0.717) is 17.1 Å². The molecule has 0 fully saturated rings. The van der Waals surface area contributed by atoms with Crippen LogP contribution in [0, 0.1) is 5.82 Å². The van der Waals surface area contributed by atoms with Crippen LogP contribution in [0.3, 0.4) is 0 Å². The number of nitrogens with zero attached hydrogens (tertiary/aromatic N) is 6. The van der Waals surface area contributed by atoms with Gasteiger partial charge in [-0.3, -0.25) is 4.72 Å². The first kappa shape index (κ1) is 20.2. The Balaban J connectivity index is 1.59. The standard InChI is InChI=1S/C18H16FN9O2S/c1-31(29,30)25-16-8-3-2-7-15(16)23-17-14(19)10-20-18(24-17)22-12-5-4-6-13(9-12)28-11-21-26-27-28/h2-11,25H,1H3,(H2,20,22,23,24). The first-order valence-corrected chi connectivity index (χ1v) is 10.7. The number of tetrazole rings is 1. The molecular formula is C18H16FN9O2S. The third-order valence-corrected chi connectivity index (χ3v) is 4.53. The van der Waals surface area contributed by atoms with E-state index in [-0.39, 0.29) is 17.5 Å². The number of benzene rings is 2. The van der Waals surface area contributed by atoms with Gasteiger partial charge in [0.2, 0.25) is 16.0 Å². The van der Waals surface area contributed by atoms with Crippen LogP contribution in [0.4, 0.5) is 33.2 Å². The van der Waals surface area contributed by atoms with Gasteiger partial charge in [0.25, 0.3) is 0 Å². The van der Waals surface area contributed by atoms with E-state index in [0.717, 1.165) is 12.5 Å². The molecule has 0 aliphatic rings. The molecule has 0 unspecified atom stereocenters. The van der Waals surface area contributed by atoms with Crippen LogP contribution in [0.2, 0.25) is 0 Å². The van der Waals surface area contributed by atoms with Gasteiger partial charge in [-0.25, -0.2) is 22.5 Å². The first-order chi connectivity index (χ1) is 14.9. The smallest absolute Gasteiger partial charge is 0.229 e. The van der Waals surface area contributed by atoms with Gasteiger partial charge in [0.05, 0.1) is 29.5 Å². The number of nitrogens with one attached hydrogen (secondary N) is 3. The Labute approximate surface area is 176 Å². The molecule has 3 N–H and O–H groups in total. The van der Waals surface area contributed by atoms with Crippen molar-refractivity contribution in [2.75, 3.05) is 21.6 Å². The van der Waals surface area contributed by atoms with E-state index in [1.165, 1.54) is 11.0 Å². The van der Waals surface area contributed by atoms with Crippen molar-refractivity contribution >= 4 is 38.9 Å². The molecule has 0 saturated carbocycles. The molecule has 31 heavy (non-hydrogen) atoms. The zero-order chi connectivity index (χ0) is 21.8. The molecular weight excluding hydrogens is 425 g/mol. The largest absolute Gasteiger partial charge is 0.336 e. The Morgan fingerprint density at radius 3 is 2.58 bits per heavy atom. The van der Waals surface area contributed by atoms with E-state index < -0.39 is 15.8 Å². The molecule has 2 aromatic carbocycles. The minimum Gasteiger partial charge on any atom is -0.336 e. The number of sulfonamides is 1. The summed E-state index contributed by atoms with van der Waals surface area (Å²) in [6.07, 6.45) is 3.49. The molecule has 0 bridgehead atoms. The first-order valence-electron chi connectivity index (χ1n) is 8.84. The normalized spacial score (nSPS) is 11.2. The molecule has 0 saturated heterocycles. The predicted octanol–water partition coefficient (Wildman–Crippen LogP) is 2.45. The van der Waals surface area contributed by atoms with E-state index in [2.05, 4.69) is 40.8 Å². The van der Waals surface area contributed by atoms with Gasteiger partial charge in [0.15, 0.2) is 11.6 Å². The van der Waals surface area contributed by atoms with Crippen molar-refractivity contribution < 1.29 is 12.8 Å². The van der Waals surface area contributed by atoms with Crippen molar-refractivity contribution in [2.45, 2.75) is 0 Å². The zero-order valence-corrected chi connectivity index (χ0v) is 16.9. The van der Waals surface area contributed by atoms with Gasteiger partial charge < -0.3 is 10.6 Å². The monoisotopic (exact) mass is 441 g/mol. The maximum Gasteiger partial charge on any atom is 0.229 e. The highest BCUT2D eigenvalue weighted by atomic mass is 32.2. The maximum absolute atomic E-state index is 14.3.